The Morgan fingerprint density at radius 3 is 2.84 bits per heavy atom. The zero-order valence-corrected chi connectivity index (χ0v) is 10.4. The molecule has 0 fully saturated rings. The summed E-state index contributed by atoms with van der Waals surface area (Å²) in [4.78, 5) is 32.1. The topological polar surface area (TPSA) is 98.5 Å². The molecule has 0 radical (unpaired) electrons. The first kappa shape index (κ1) is 14.6. The lowest BCUT2D eigenvalue weighted by molar-refractivity contribution is -0.385. The minimum absolute atomic E-state index is 0.0961. The number of nitro benzene ring substituents is 1. The fourth-order valence-electron chi connectivity index (χ4n) is 1.33. The van der Waals surface area contributed by atoms with Gasteiger partial charge in [-0.2, -0.15) is 0 Å². The third-order valence-corrected chi connectivity index (χ3v) is 2.25. The van der Waals surface area contributed by atoms with Crippen LogP contribution in [0.2, 0.25) is 0 Å². The third kappa shape index (κ3) is 4.38. The summed E-state index contributed by atoms with van der Waals surface area (Å²) in [6.07, 6.45) is 1.33. The van der Waals surface area contributed by atoms with Gasteiger partial charge >= 0.3 is 5.69 Å². The van der Waals surface area contributed by atoms with Crippen LogP contribution < -0.4 is 10.1 Å². The van der Waals surface area contributed by atoms with Crippen LogP contribution in [-0.2, 0) is 4.79 Å². The largest absolute Gasteiger partial charge is 0.477 e. The van der Waals surface area contributed by atoms with Crippen molar-refractivity contribution in [1.29, 1.82) is 0 Å². The molecule has 0 atom stereocenters. The fourth-order valence-corrected chi connectivity index (χ4v) is 1.33. The first-order valence-corrected chi connectivity index (χ1v) is 5.71. The van der Waals surface area contributed by atoms with Crippen molar-refractivity contribution in [3.8, 4) is 5.75 Å². The van der Waals surface area contributed by atoms with Gasteiger partial charge < -0.3 is 10.1 Å². The third-order valence-electron chi connectivity index (χ3n) is 2.25. The molecule has 0 saturated carbocycles. The molecule has 0 aliphatic carbocycles. The minimum Gasteiger partial charge on any atom is -0.477 e. The zero-order chi connectivity index (χ0) is 14.3. The molecule has 0 aliphatic rings. The molecule has 1 rings (SSSR count). The summed E-state index contributed by atoms with van der Waals surface area (Å²) in [6, 6.07) is 3.72. The molecule has 1 aromatic carbocycles. The summed E-state index contributed by atoms with van der Waals surface area (Å²) < 4.78 is 5.09. The molecule has 1 aromatic rings. The number of carbonyl (C=O) groups is 2. The molecule has 0 bridgehead atoms. The lowest BCUT2D eigenvalue weighted by Crippen LogP contribution is -2.29. The lowest BCUT2D eigenvalue weighted by Gasteiger charge is -2.07. The Balaban J connectivity index is 2.77. The van der Waals surface area contributed by atoms with Crippen LogP contribution in [0.25, 0.3) is 0 Å². The molecule has 1 amide bonds. The van der Waals surface area contributed by atoms with E-state index in [1.807, 2.05) is 6.92 Å². The van der Waals surface area contributed by atoms with E-state index >= 15 is 0 Å². The van der Waals surface area contributed by atoms with Gasteiger partial charge in [0.25, 0.3) is 5.91 Å². The number of amides is 1. The molecule has 0 unspecified atom stereocenters. The number of carbonyl (C=O) groups excluding carboxylic acids is 2. The van der Waals surface area contributed by atoms with Crippen LogP contribution in [0.3, 0.4) is 0 Å². The first-order valence-electron chi connectivity index (χ1n) is 5.71. The summed E-state index contributed by atoms with van der Waals surface area (Å²) in [7, 11) is 0. The molecule has 0 aromatic heterocycles. The van der Waals surface area contributed by atoms with Gasteiger partial charge in [0.1, 0.15) is 6.29 Å². The SMILES string of the molecule is CCCNC(=O)COc1cc(C=O)ccc1[N+](=O)[O-]. The molecule has 0 aliphatic heterocycles. The maximum absolute atomic E-state index is 11.3. The van der Waals surface area contributed by atoms with E-state index in [-0.39, 0.29) is 29.5 Å². The molecule has 0 saturated heterocycles. The normalized spacial score (nSPS) is 9.74. The number of aldehydes is 1. The average molecular weight is 266 g/mol. The van der Waals surface area contributed by atoms with Crippen molar-refractivity contribution in [1.82, 2.24) is 5.32 Å². The van der Waals surface area contributed by atoms with Crippen LogP contribution in [-0.4, -0.2) is 30.3 Å². The number of benzene rings is 1. The predicted octanol–water partition coefficient (Wildman–Crippen LogP) is 1.31. The van der Waals surface area contributed by atoms with E-state index in [0.717, 1.165) is 6.42 Å². The Bertz CT molecular complexity index is 487. The number of nitrogens with zero attached hydrogens (tertiary/aromatic N) is 1. The minimum atomic E-state index is -0.631. The van der Waals surface area contributed by atoms with Gasteiger partial charge in [-0.25, -0.2) is 0 Å². The van der Waals surface area contributed by atoms with E-state index < -0.39 is 4.92 Å². The van der Waals surface area contributed by atoms with E-state index in [1.54, 1.807) is 0 Å². The van der Waals surface area contributed by atoms with Crippen LogP contribution in [0.4, 0.5) is 5.69 Å². The second kappa shape index (κ2) is 7.10. The Morgan fingerprint density at radius 2 is 2.26 bits per heavy atom. The predicted molar refractivity (Wildman–Crippen MR) is 67.3 cm³/mol. The Hall–Kier alpha value is -2.44. The van der Waals surface area contributed by atoms with Crippen LogP contribution in [0.5, 0.6) is 5.75 Å². The molecule has 19 heavy (non-hydrogen) atoms. The van der Waals surface area contributed by atoms with Gasteiger partial charge in [0, 0.05) is 18.2 Å². The summed E-state index contributed by atoms with van der Waals surface area (Å²) >= 11 is 0. The van der Waals surface area contributed by atoms with E-state index in [9.17, 15) is 19.7 Å². The molecule has 0 heterocycles. The van der Waals surface area contributed by atoms with Gasteiger partial charge in [-0.3, -0.25) is 19.7 Å². The Kier molecular flexibility index (Phi) is 5.46. The highest BCUT2D eigenvalue weighted by Crippen LogP contribution is 2.27. The van der Waals surface area contributed by atoms with Crippen molar-refractivity contribution in [2.24, 2.45) is 0 Å². The van der Waals surface area contributed by atoms with Gasteiger partial charge in [0.05, 0.1) is 4.92 Å². The van der Waals surface area contributed by atoms with Crippen molar-refractivity contribution >= 4 is 17.9 Å². The van der Waals surface area contributed by atoms with Crippen molar-refractivity contribution < 1.29 is 19.2 Å². The Labute approximate surface area is 109 Å². The van der Waals surface area contributed by atoms with E-state index in [2.05, 4.69) is 5.32 Å². The van der Waals surface area contributed by atoms with Crippen molar-refractivity contribution in [3.05, 3.63) is 33.9 Å². The molecule has 102 valence electrons. The monoisotopic (exact) mass is 266 g/mol. The fraction of sp³-hybridized carbons (Fsp3) is 0.333. The van der Waals surface area contributed by atoms with Crippen molar-refractivity contribution in [3.63, 3.8) is 0 Å². The summed E-state index contributed by atoms with van der Waals surface area (Å²) in [5, 5.41) is 13.4. The maximum atomic E-state index is 11.3. The van der Waals surface area contributed by atoms with Crippen molar-refractivity contribution in [2.45, 2.75) is 13.3 Å². The average Bonchev–Trinajstić information content (AvgIpc) is 2.42. The van der Waals surface area contributed by atoms with Gasteiger partial charge in [-0.1, -0.05) is 6.92 Å². The van der Waals surface area contributed by atoms with Gasteiger partial charge in [0.2, 0.25) is 0 Å². The smallest absolute Gasteiger partial charge is 0.310 e. The first-order chi connectivity index (χ1) is 9.08. The summed E-state index contributed by atoms with van der Waals surface area (Å²) in [5.41, 5.74) is -0.0385. The zero-order valence-electron chi connectivity index (χ0n) is 10.4. The molecule has 0 spiro atoms. The highest BCUT2D eigenvalue weighted by molar-refractivity contribution is 5.79. The molecular formula is C12H14N2O5. The lowest BCUT2D eigenvalue weighted by atomic mass is 10.2. The van der Waals surface area contributed by atoms with E-state index in [4.69, 9.17) is 4.74 Å². The van der Waals surface area contributed by atoms with Crippen LogP contribution in [0.15, 0.2) is 18.2 Å². The number of nitrogens with one attached hydrogen (secondary N) is 1. The van der Waals surface area contributed by atoms with Crippen LogP contribution in [0, 0.1) is 10.1 Å². The summed E-state index contributed by atoms with van der Waals surface area (Å²) in [5.74, 6) is -0.464. The number of ether oxygens (including phenoxy) is 1. The molecular weight excluding hydrogens is 252 g/mol. The second-order valence-corrected chi connectivity index (χ2v) is 3.74. The van der Waals surface area contributed by atoms with Crippen LogP contribution >= 0.6 is 0 Å². The number of nitro groups is 1. The van der Waals surface area contributed by atoms with Crippen LogP contribution in [0.1, 0.15) is 23.7 Å². The molecule has 1 N–H and O–H groups in total. The molecule has 7 heteroatoms. The number of rotatable bonds is 7. The van der Waals surface area contributed by atoms with Gasteiger partial charge in [0.15, 0.2) is 12.4 Å². The Morgan fingerprint density at radius 1 is 1.53 bits per heavy atom. The van der Waals surface area contributed by atoms with Gasteiger partial charge in [-0.05, 0) is 18.6 Å². The second-order valence-electron chi connectivity index (χ2n) is 3.74. The van der Waals surface area contributed by atoms with E-state index in [1.165, 1.54) is 18.2 Å². The standard InChI is InChI=1S/C12H14N2O5/c1-2-5-13-12(16)8-19-11-6-9(7-15)3-4-10(11)14(17)18/h3-4,6-7H,2,5,8H2,1H3,(H,13,16). The van der Waals surface area contributed by atoms with Gasteiger partial charge in [-0.15, -0.1) is 0 Å². The quantitative estimate of drug-likeness (QED) is 0.455. The number of hydrogen-bond acceptors (Lipinski definition) is 5. The molecule has 7 nitrogen and oxygen atoms in total. The van der Waals surface area contributed by atoms with E-state index in [0.29, 0.717) is 12.8 Å². The highest BCUT2D eigenvalue weighted by atomic mass is 16.6. The highest BCUT2D eigenvalue weighted by Gasteiger charge is 2.16. The summed E-state index contributed by atoms with van der Waals surface area (Å²) in [6.45, 7) is 2.08. The maximum Gasteiger partial charge on any atom is 0.310 e. The number of hydrogen-bond donors (Lipinski definition) is 1. The van der Waals surface area contributed by atoms with Crippen molar-refractivity contribution in [2.75, 3.05) is 13.2 Å².